The number of carbonyl (C=O) groups excluding carboxylic acids is 1. The number of ketones is 1. The van der Waals surface area contributed by atoms with E-state index in [9.17, 15) is 9.90 Å². The molecule has 0 spiro atoms. The van der Waals surface area contributed by atoms with Gasteiger partial charge in [0.25, 0.3) is 0 Å². The van der Waals surface area contributed by atoms with Crippen molar-refractivity contribution in [3.8, 4) is 0 Å². The van der Waals surface area contributed by atoms with Gasteiger partial charge in [-0.25, -0.2) is 0 Å². The highest BCUT2D eigenvalue weighted by Gasteiger charge is 2.59. The van der Waals surface area contributed by atoms with Crippen molar-refractivity contribution >= 4 is 5.78 Å². The molecule has 1 N–H and O–H groups in total. The van der Waals surface area contributed by atoms with Crippen LogP contribution in [0.2, 0.25) is 0 Å². The maximum Gasteiger partial charge on any atom is 0.133 e. The van der Waals surface area contributed by atoms with Gasteiger partial charge < -0.3 is 5.11 Å². The number of hydrogen-bond donors (Lipinski definition) is 1. The Morgan fingerprint density at radius 2 is 1.91 bits per heavy atom. The van der Waals surface area contributed by atoms with Crippen LogP contribution in [0.1, 0.15) is 72.1 Å². The maximum absolute atomic E-state index is 12.2. The zero-order chi connectivity index (χ0) is 16.4. The van der Waals surface area contributed by atoms with Crippen LogP contribution in [-0.4, -0.2) is 17.0 Å². The molecule has 2 heteroatoms. The van der Waals surface area contributed by atoms with Crippen molar-refractivity contribution in [3.05, 3.63) is 11.6 Å². The fourth-order valence-electron chi connectivity index (χ4n) is 7.31. The van der Waals surface area contributed by atoms with Crippen molar-refractivity contribution in [1.29, 1.82) is 0 Å². The predicted octanol–water partition coefficient (Wildman–Crippen LogP) is 4.52. The molecule has 7 atom stereocenters. The van der Waals surface area contributed by atoms with Gasteiger partial charge in [-0.05, 0) is 86.9 Å². The number of rotatable bonds is 1. The molecule has 0 aromatic rings. The number of aliphatic hydroxyl groups is 1. The van der Waals surface area contributed by atoms with Gasteiger partial charge in [-0.3, -0.25) is 4.79 Å². The van der Waals surface area contributed by atoms with Crippen LogP contribution in [0.15, 0.2) is 11.6 Å². The van der Waals surface area contributed by atoms with Gasteiger partial charge in [0, 0.05) is 5.92 Å². The average Bonchev–Trinajstić information content (AvgIpc) is 2.85. The zero-order valence-corrected chi connectivity index (χ0v) is 15.0. The van der Waals surface area contributed by atoms with Crippen LogP contribution < -0.4 is 0 Å². The summed E-state index contributed by atoms with van der Waals surface area (Å²) in [5.41, 5.74) is 2.11. The second-order valence-corrected chi connectivity index (χ2v) is 9.44. The number of carbonyl (C=O) groups is 1. The van der Waals surface area contributed by atoms with Crippen LogP contribution in [-0.2, 0) is 4.79 Å². The van der Waals surface area contributed by atoms with E-state index < -0.39 is 0 Å². The molecule has 23 heavy (non-hydrogen) atoms. The molecule has 0 aromatic carbocycles. The first-order valence-electron chi connectivity index (χ1n) is 9.74. The second-order valence-electron chi connectivity index (χ2n) is 9.44. The van der Waals surface area contributed by atoms with Gasteiger partial charge in [-0.1, -0.05) is 25.5 Å². The Kier molecular flexibility index (Phi) is 3.58. The molecule has 0 heterocycles. The summed E-state index contributed by atoms with van der Waals surface area (Å²) in [7, 11) is 0. The Morgan fingerprint density at radius 3 is 2.65 bits per heavy atom. The van der Waals surface area contributed by atoms with Gasteiger partial charge in [-0.2, -0.15) is 0 Å². The lowest BCUT2D eigenvalue weighted by atomic mass is 9.47. The Balaban J connectivity index is 1.66. The molecule has 0 amide bonds. The highest BCUT2D eigenvalue weighted by atomic mass is 16.3. The van der Waals surface area contributed by atoms with Crippen molar-refractivity contribution < 1.29 is 9.90 Å². The minimum Gasteiger partial charge on any atom is -0.393 e. The Labute approximate surface area is 140 Å². The Bertz CT molecular complexity index is 550. The number of aliphatic hydroxyl groups excluding tert-OH is 1. The van der Waals surface area contributed by atoms with Gasteiger partial charge in [0.2, 0.25) is 0 Å². The third-order valence-corrected chi connectivity index (χ3v) is 8.57. The van der Waals surface area contributed by atoms with Gasteiger partial charge in [0.1, 0.15) is 5.78 Å². The zero-order valence-electron chi connectivity index (χ0n) is 15.0. The van der Waals surface area contributed by atoms with Crippen LogP contribution >= 0.6 is 0 Å². The molecule has 128 valence electrons. The van der Waals surface area contributed by atoms with Crippen LogP contribution in [0.3, 0.4) is 0 Å². The SMILES string of the molecule is CC(=O)[C@@H]1CC[C@@H]2[C@H]3CC=C4C[C@@H](O)CC[C@]4(C)[C@@H]3CC[C@@]21C. The van der Waals surface area contributed by atoms with E-state index in [1.54, 1.807) is 5.57 Å². The number of fused-ring (bicyclic) bond motifs is 5. The molecule has 0 bridgehead atoms. The smallest absolute Gasteiger partial charge is 0.133 e. The minimum absolute atomic E-state index is 0.117. The van der Waals surface area contributed by atoms with Gasteiger partial charge in [-0.15, -0.1) is 0 Å². The molecule has 0 saturated heterocycles. The third kappa shape index (κ3) is 2.13. The summed E-state index contributed by atoms with van der Waals surface area (Å²) in [6, 6.07) is 0. The first-order valence-corrected chi connectivity index (χ1v) is 9.74. The lowest BCUT2D eigenvalue weighted by Gasteiger charge is -2.57. The van der Waals surface area contributed by atoms with Crippen LogP contribution in [0.5, 0.6) is 0 Å². The highest BCUT2D eigenvalue weighted by molar-refractivity contribution is 5.79. The quantitative estimate of drug-likeness (QED) is 0.722. The first-order chi connectivity index (χ1) is 10.9. The van der Waals surface area contributed by atoms with Gasteiger partial charge >= 0.3 is 0 Å². The van der Waals surface area contributed by atoms with E-state index in [1.165, 1.54) is 25.7 Å². The van der Waals surface area contributed by atoms with Crippen LogP contribution in [0.4, 0.5) is 0 Å². The van der Waals surface area contributed by atoms with E-state index in [1.807, 2.05) is 6.92 Å². The topological polar surface area (TPSA) is 37.3 Å². The first kappa shape index (κ1) is 15.9. The lowest BCUT2D eigenvalue weighted by molar-refractivity contribution is -0.127. The molecule has 3 saturated carbocycles. The van der Waals surface area contributed by atoms with Gasteiger partial charge in [0.15, 0.2) is 0 Å². The van der Waals surface area contributed by atoms with E-state index in [0.29, 0.717) is 17.1 Å². The summed E-state index contributed by atoms with van der Waals surface area (Å²) in [4.78, 5) is 12.2. The summed E-state index contributed by atoms with van der Waals surface area (Å²) in [6.07, 6.45) is 11.5. The molecule has 0 unspecified atom stereocenters. The van der Waals surface area contributed by atoms with Crippen LogP contribution in [0, 0.1) is 34.5 Å². The predicted molar refractivity (Wildman–Crippen MR) is 91.9 cm³/mol. The maximum atomic E-state index is 12.2. The number of hydrogen-bond acceptors (Lipinski definition) is 2. The molecule has 0 aromatic heterocycles. The molecule has 4 aliphatic rings. The fraction of sp³-hybridized carbons (Fsp3) is 0.857. The Morgan fingerprint density at radius 1 is 1.13 bits per heavy atom. The molecule has 4 aliphatic carbocycles. The molecule has 4 rings (SSSR count). The fourth-order valence-corrected chi connectivity index (χ4v) is 7.31. The van der Waals surface area contributed by atoms with Crippen LogP contribution in [0.25, 0.3) is 0 Å². The van der Waals surface area contributed by atoms with E-state index in [-0.39, 0.29) is 11.5 Å². The van der Waals surface area contributed by atoms with Crippen molar-refractivity contribution in [3.63, 3.8) is 0 Å². The lowest BCUT2D eigenvalue weighted by Crippen LogP contribution is -2.50. The largest absolute Gasteiger partial charge is 0.393 e. The van der Waals surface area contributed by atoms with Gasteiger partial charge in [0.05, 0.1) is 6.10 Å². The van der Waals surface area contributed by atoms with E-state index in [4.69, 9.17) is 0 Å². The molecule has 2 nitrogen and oxygen atoms in total. The monoisotopic (exact) mass is 316 g/mol. The standard InChI is InChI=1S/C21H32O2/c1-13(22)17-6-7-18-16-5-4-14-12-15(23)8-10-20(14,2)19(16)9-11-21(17,18)3/h4,15-19,23H,5-12H2,1-3H3/t15-,16+,17-,18+,19+,20-,21+/m0/s1. The number of allylic oxidation sites excluding steroid dienone is 1. The summed E-state index contributed by atoms with van der Waals surface area (Å²) >= 11 is 0. The molecule has 3 fully saturated rings. The summed E-state index contributed by atoms with van der Waals surface area (Å²) < 4.78 is 0. The summed E-state index contributed by atoms with van der Waals surface area (Å²) in [5, 5.41) is 10.1. The van der Waals surface area contributed by atoms with E-state index >= 15 is 0 Å². The van der Waals surface area contributed by atoms with Crippen molar-refractivity contribution in [2.24, 2.45) is 34.5 Å². The normalized spacial score (nSPS) is 52.2. The second kappa shape index (κ2) is 5.18. The molecular weight excluding hydrogens is 284 g/mol. The van der Waals surface area contributed by atoms with Crippen molar-refractivity contribution in [2.45, 2.75) is 78.2 Å². The highest BCUT2D eigenvalue weighted by Crippen LogP contribution is 2.66. The summed E-state index contributed by atoms with van der Waals surface area (Å²) in [5.74, 6) is 3.00. The van der Waals surface area contributed by atoms with Crippen molar-refractivity contribution in [2.75, 3.05) is 0 Å². The molecule has 0 aliphatic heterocycles. The number of Topliss-reactive ketones (excluding diaryl/α,β-unsaturated/α-hetero) is 1. The Hall–Kier alpha value is -0.630. The van der Waals surface area contributed by atoms with E-state index in [0.717, 1.165) is 43.4 Å². The molecule has 0 radical (unpaired) electrons. The average molecular weight is 316 g/mol. The third-order valence-electron chi connectivity index (χ3n) is 8.57. The summed E-state index contributed by atoms with van der Waals surface area (Å²) in [6.45, 7) is 6.70. The van der Waals surface area contributed by atoms with Crippen molar-refractivity contribution in [1.82, 2.24) is 0 Å². The minimum atomic E-state index is -0.117. The van der Waals surface area contributed by atoms with E-state index in [2.05, 4.69) is 19.9 Å². The molecular formula is C21H32O2.